The summed E-state index contributed by atoms with van der Waals surface area (Å²) in [5.41, 5.74) is 0. The molecule has 0 saturated heterocycles. The zero-order chi connectivity index (χ0) is 23.8. The Balaban J connectivity index is 2.16. The van der Waals surface area contributed by atoms with E-state index in [-0.39, 0.29) is 11.5 Å². The van der Waals surface area contributed by atoms with Crippen molar-refractivity contribution in [2.24, 2.45) is 0 Å². The maximum atomic E-state index is 11.3. The van der Waals surface area contributed by atoms with Crippen LogP contribution in [-0.4, -0.2) is 18.0 Å². The van der Waals surface area contributed by atoms with E-state index in [9.17, 15) is 10.2 Å². The van der Waals surface area contributed by atoms with Crippen molar-refractivity contribution in [3.63, 3.8) is 0 Å². The second kappa shape index (κ2) is 10.3. The molecule has 4 aromatic rings. The molecule has 168 valence electrons. The number of rotatable bonds is 5. The predicted octanol–water partition coefficient (Wildman–Crippen LogP) is 6.97. The lowest BCUT2D eigenvalue weighted by atomic mass is 10.3. The summed E-state index contributed by atoms with van der Waals surface area (Å²) in [6, 6.07) is 28.6. The number of aromatic hydroxyl groups is 2. The maximum absolute atomic E-state index is 11.3. The molecule has 0 spiro atoms. The van der Waals surface area contributed by atoms with E-state index >= 15 is 0 Å². The number of benzene rings is 4. The summed E-state index contributed by atoms with van der Waals surface area (Å²) in [7, 11) is -3.84. The van der Waals surface area contributed by atoms with Crippen LogP contribution in [0.2, 0.25) is 6.55 Å². The Morgan fingerprint density at radius 3 is 1.33 bits per heavy atom. The molecule has 33 heavy (non-hydrogen) atoms. The van der Waals surface area contributed by atoms with Gasteiger partial charge in [-0.1, -0.05) is 99.1 Å². The number of halogens is 4. The summed E-state index contributed by atoms with van der Waals surface area (Å²) in [6.07, 6.45) is 0. The van der Waals surface area contributed by atoms with Gasteiger partial charge in [0.1, 0.15) is 19.2 Å². The number of phenols is 2. The van der Waals surface area contributed by atoms with Gasteiger partial charge in [0.05, 0.1) is 8.95 Å². The van der Waals surface area contributed by atoms with Gasteiger partial charge in [0.2, 0.25) is 0 Å². The average Bonchev–Trinajstić information content (AvgIpc) is 2.81. The van der Waals surface area contributed by atoms with Gasteiger partial charge in [-0.3, -0.25) is 0 Å². The normalized spacial score (nSPS) is 11.7. The van der Waals surface area contributed by atoms with Crippen LogP contribution >= 0.6 is 71.2 Å². The molecule has 0 heterocycles. The first kappa shape index (κ1) is 25.1. The lowest BCUT2D eigenvalue weighted by Gasteiger charge is -2.39. The van der Waals surface area contributed by atoms with Crippen molar-refractivity contribution in [3.05, 3.63) is 103 Å². The molecular weight excluding hydrogens is 711 g/mol. The van der Waals surface area contributed by atoms with Crippen LogP contribution in [-0.2, 0) is 0 Å². The van der Waals surface area contributed by atoms with Gasteiger partial charge in [-0.2, -0.15) is 0 Å². The molecule has 0 radical (unpaired) electrons. The van der Waals surface area contributed by atoms with E-state index in [0.29, 0.717) is 8.95 Å². The molecule has 0 amide bonds. The van der Waals surface area contributed by atoms with Crippen LogP contribution in [0.4, 0.5) is 0 Å². The van der Waals surface area contributed by atoms with Gasteiger partial charge < -0.3 is 10.2 Å². The van der Waals surface area contributed by atoms with Gasteiger partial charge in [0.15, 0.2) is 0 Å². The van der Waals surface area contributed by atoms with Crippen LogP contribution < -0.4 is 21.0 Å². The van der Waals surface area contributed by atoms with Crippen LogP contribution in [0.15, 0.2) is 103 Å². The second-order valence-electron chi connectivity index (χ2n) is 7.65. The number of phenolic OH excluding ortho intramolecular Hbond substituents is 2. The number of hydrogen-bond donors (Lipinski definition) is 2. The molecule has 0 saturated carbocycles. The topological polar surface area (TPSA) is 40.5 Å². The van der Waals surface area contributed by atoms with Crippen molar-refractivity contribution >= 4 is 99.9 Å². The van der Waals surface area contributed by atoms with E-state index in [4.69, 9.17) is 0 Å². The molecule has 0 unspecified atom stereocenters. The third-order valence-corrected chi connectivity index (χ3v) is 18.9. The van der Waals surface area contributed by atoms with Crippen LogP contribution in [0, 0.1) is 0 Å². The lowest BCUT2D eigenvalue weighted by molar-refractivity contribution is 0.475. The quantitative estimate of drug-likeness (QED) is 0.172. The summed E-state index contributed by atoms with van der Waals surface area (Å²) >= 11 is 14.3. The summed E-state index contributed by atoms with van der Waals surface area (Å²) in [4.78, 5) is 0. The van der Waals surface area contributed by atoms with Crippen molar-refractivity contribution in [3.8, 4) is 11.5 Å². The van der Waals surface area contributed by atoms with Gasteiger partial charge in [-0.15, -0.1) is 0 Å². The smallest absolute Gasteiger partial charge is 0.150 e. The Bertz CT molecular complexity index is 1210. The summed E-state index contributed by atoms with van der Waals surface area (Å²) in [6.45, 7) is 2.33. The molecular formula is C25H19Br4O2PSi. The summed E-state index contributed by atoms with van der Waals surface area (Å²) in [5, 5.41) is 26.7. The molecule has 0 aliphatic heterocycles. The van der Waals surface area contributed by atoms with Gasteiger partial charge in [0.25, 0.3) is 0 Å². The minimum atomic E-state index is -2.61. The fraction of sp³-hybridized carbons (Fsp3) is 0.0400. The van der Waals surface area contributed by atoms with Gasteiger partial charge in [-0.25, -0.2) is 0 Å². The van der Waals surface area contributed by atoms with Crippen molar-refractivity contribution in [1.29, 1.82) is 0 Å². The van der Waals surface area contributed by atoms with Crippen LogP contribution in [0.25, 0.3) is 0 Å². The first-order valence-corrected chi connectivity index (χ1v) is 17.9. The fourth-order valence-corrected chi connectivity index (χ4v) is 18.4. The molecule has 0 fully saturated rings. The highest BCUT2D eigenvalue weighted by molar-refractivity contribution is 9.11. The molecule has 0 bridgehead atoms. The third kappa shape index (κ3) is 4.91. The molecule has 0 atom stereocenters. The summed E-state index contributed by atoms with van der Waals surface area (Å²) < 4.78 is 2.96. The first-order valence-electron chi connectivity index (χ1n) is 10.0. The monoisotopic (exact) mass is 726 g/mol. The van der Waals surface area contributed by atoms with Gasteiger partial charge >= 0.3 is 0 Å². The van der Waals surface area contributed by atoms with Crippen molar-refractivity contribution < 1.29 is 10.2 Å². The Labute approximate surface area is 229 Å². The molecule has 2 nitrogen and oxygen atoms in total. The highest BCUT2D eigenvalue weighted by Gasteiger charge is 2.44. The highest BCUT2D eigenvalue weighted by Crippen LogP contribution is 2.51. The Morgan fingerprint density at radius 1 is 0.606 bits per heavy atom. The largest absolute Gasteiger partial charge is 0.506 e. The molecule has 0 aromatic heterocycles. The van der Waals surface area contributed by atoms with Crippen LogP contribution in [0.1, 0.15) is 0 Å². The molecule has 0 aliphatic rings. The highest BCUT2D eigenvalue weighted by atomic mass is 79.9. The van der Waals surface area contributed by atoms with E-state index in [0.717, 1.165) is 19.6 Å². The predicted molar refractivity (Wildman–Crippen MR) is 157 cm³/mol. The first-order chi connectivity index (χ1) is 15.7. The molecule has 8 heteroatoms. The zero-order valence-electron chi connectivity index (χ0n) is 17.4. The maximum Gasteiger partial charge on any atom is 0.150 e. The Hall–Kier alpha value is -0.953. The SMILES string of the molecule is C[Si](c1ccccc1)(c1ccccc1)P(c1cc(Br)cc(Br)c1O)c1cc(Br)cc(Br)c1O. The van der Waals surface area contributed by atoms with E-state index in [1.807, 2.05) is 36.4 Å². The molecule has 4 rings (SSSR count). The third-order valence-electron chi connectivity index (χ3n) is 5.62. The minimum Gasteiger partial charge on any atom is -0.506 e. The minimum absolute atomic E-state index is 0.199. The van der Waals surface area contributed by atoms with Crippen LogP contribution in [0.5, 0.6) is 11.5 Å². The molecule has 0 aliphatic carbocycles. The Morgan fingerprint density at radius 2 is 0.970 bits per heavy atom. The fourth-order valence-electron chi connectivity index (χ4n) is 4.01. The van der Waals surface area contributed by atoms with Gasteiger partial charge in [0, 0.05) is 19.6 Å². The van der Waals surface area contributed by atoms with Crippen molar-refractivity contribution in [2.75, 3.05) is 0 Å². The van der Waals surface area contributed by atoms with Crippen LogP contribution in [0.3, 0.4) is 0 Å². The molecule has 2 N–H and O–H groups in total. The average molecular weight is 730 g/mol. The standard InChI is InChI=1S/C25H19Br4O2PSi/c1-33(18-8-4-2-5-9-18,19-10-6-3-7-11-19)32(22-14-16(26)12-20(28)24(22)30)23-15-17(27)13-21(29)25(23)31/h2-15,30-31H,1H3. The van der Waals surface area contributed by atoms with Crippen molar-refractivity contribution in [1.82, 2.24) is 0 Å². The summed E-state index contributed by atoms with van der Waals surface area (Å²) in [5.74, 6) is 0.399. The number of hydrogen-bond acceptors (Lipinski definition) is 2. The van der Waals surface area contributed by atoms with E-state index < -0.39 is 15.2 Å². The van der Waals surface area contributed by atoms with Gasteiger partial charge in [-0.05, 0) is 74.0 Å². The second-order valence-corrected chi connectivity index (χ2v) is 20.1. The van der Waals surface area contributed by atoms with E-state index in [1.54, 1.807) is 0 Å². The van der Waals surface area contributed by atoms with E-state index in [2.05, 4.69) is 119 Å². The van der Waals surface area contributed by atoms with Crippen molar-refractivity contribution in [2.45, 2.75) is 6.55 Å². The zero-order valence-corrected chi connectivity index (χ0v) is 25.7. The Kier molecular flexibility index (Phi) is 7.89. The lowest BCUT2D eigenvalue weighted by Crippen LogP contribution is -2.57. The van der Waals surface area contributed by atoms with E-state index in [1.165, 1.54) is 10.4 Å². The molecule has 4 aromatic carbocycles.